The molecule has 0 fully saturated rings. The first-order valence-corrected chi connectivity index (χ1v) is 4.44. The zero-order valence-corrected chi connectivity index (χ0v) is 6.05. The van der Waals surface area contributed by atoms with E-state index in [0.717, 1.165) is 0 Å². The Morgan fingerprint density at radius 3 is 2.44 bits per heavy atom. The number of halogens is 2. The Bertz CT molecular complexity index is 119. The van der Waals surface area contributed by atoms with Gasteiger partial charge in [-0.2, -0.15) is 13.0 Å². The summed E-state index contributed by atoms with van der Waals surface area (Å²) < 4.78 is 24.5. The minimum Gasteiger partial charge on any atom is -0.198 e. The molecule has 0 aromatic rings. The van der Waals surface area contributed by atoms with Crippen LogP contribution >= 0.6 is 10.8 Å². The molecule has 0 amide bonds. The highest BCUT2D eigenvalue weighted by Crippen LogP contribution is 2.51. The van der Waals surface area contributed by atoms with Gasteiger partial charge in [-0.05, 0) is 0 Å². The quantitative estimate of drug-likeness (QED) is 0.611. The normalized spacial score (nSPS) is 12.7. The Morgan fingerprint density at radius 2 is 2.11 bits per heavy atom. The predicted octanol–water partition coefficient (Wildman–Crippen LogP) is 2.49. The average Bonchev–Trinajstić information content (AvgIpc) is 1.84. The molecule has 0 aliphatic carbocycles. The number of hydrogen-bond donors (Lipinski definition) is 0. The van der Waals surface area contributed by atoms with Gasteiger partial charge in [0.05, 0.1) is 16.9 Å². The van der Waals surface area contributed by atoms with E-state index < -0.39 is 10.8 Å². The lowest BCUT2D eigenvalue weighted by molar-refractivity contribution is 0.739. The third-order valence-corrected chi connectivity index (χ3v) is 2.58. The molecule has 9 heavy (non-hydrogen) atoms. The number of nitriles is 1. The topological polar surface area (TPSA) is 23.8 Å². The summed E-state index contributed by atoms with van der Waals surface area (Å²) in [6.07, 6.45) is -0.0177. The zero-order chi connectivity index (χ0) is 7.33. The fraction of sp³-hybridized carbons (Fsp3) is 0.800. The van der Waals surface area contributed by atoms with Crippen LogP contribution in [0.1, 0.15) is 13.3 Å². The van der Waals surface area contributed by atoms with Gasteiger partial charge in [-0.1, -0.05) is 6.92 Å². The van der Waals surface area contributed by atoms with Crippen molar-refractivity contribution in [2.24, 2.45) is 0 Å². The molecule has 0 aliphatic rings. The molecule has 0 aromatic carbocycles. The van der Waals surface area contributed by atoms with E-state index in [1.54, 1.807) is 6.07 Å². The van der Waals surface area contributed by atoms with Crippen molar-refractivity contribution in [2.45, 2.75) is 13.3 Å². The zero-order valence-electron chi connectivity index (χ0n) is 5.23. The summed E-state index contributed by atoms with van der Waals surface area (Å²) in [5.74, 6) is -0.311. The molecule has 0 aliphatic heterocycles. The minimum absolute atomic E-state index is 0.0177. The monoisotopic (exact) mass is 153 g/mol. The molecule has 0 saturated carbocycles. The van der Waals surface area contributed by atoms with Crippen LogP contribution in [0.4, 0.5) is 7.77 Å². The molecule has 0 saturated heterocycles. The lowest BCUT2D eigenvalue weighted by atomic mass is 10.6. The highest BCUT2D eigenvalue weighted by atomic mass is 32.3. The highest BCUT2D eigenvalue weighted by molar-refractivity contribution is 8.25. The van der Waals surface area contributed by atoms with Crippen LogP contribution in [0, 0.1) is 11.3 Å². The predicted molar refractivity (Wildman–Crippen MR) is 35.4 cm³/mol. The Labute approximate surface area is 55.6 Å². The van der Waals surface area contributed by atoms with E-state index in [1.165, 1.54) is 6.92 Å². The van der Waals surface area contributed by atoms with Crippen molar-refractivity contribution in [2.75, 3.05) is 11.5 Å². The van der Waals surface area contributed by atoms with Crippen LogP contribution in [0.15, 0.2) is 0 Å². The van der Waals surface area contributed by atoms with Crippen molar-refractivity contribution in [3.8, 4) is 6.07 Å². The van der Waals surface area contributed by atoms with Gasteiger partial charge in [-0.25, -0.2) is 0 Å². The van der Waals surface area contributed by atoms with Crippen molar-refractivity contribution in [3.63, 3.8) is 0 Å². The molecule has 0 unspecified atom stereocenters. The fourth-order valence-corrected chi connectivity index (χ4v) is 1.02. The molecule has 0 spiro atoms. The van der Waals surface area contributed by atoms with Gasteiger partial charge < -0.3 is 0 Å². The first-order chi connectivity index (χ1) is 4.12. The summed E-state index contributed by atoms with van der Waals surface area (Å²) in [5.41, 5.74) is 0. The first kappa shape index (κ1) is 8.70. The van der Waals surface area contributed by atoms with Gasteiger partial charge in [0, 0.05) is 17.9 Å². The second-order valence-electron chi connectivity index (χ2n) is 1.60. The van der Waals surface area contributed by atoms with Gasteiger partial charge >= 0.3 is 0 Å². The second kappa shape index (κ2) is 3.67. The summed E-state index contributed by atoms with van der Waals surface area (Å²) in [6.45, 7) is 1.45. The van der Waals surface area contributed by atoms with Crippen LogP contribution in [0.5, 0.6) is 0 Å². The molecule has 4 heteroatoms. The smallest absolute Gasteiger partial charge is 0.0631 e. The summed E-state index contributed by atoms with van der Waals surface area (Å²) in [6, 6.07) is 1.70. The van der Waals surface area contributed by atoms with Gasteiger partial charge in [0.25, 0.3) is 0 Å². The molecular formula is C5H9F2NS. The van der Waals surface area contributed by atoms with Crippen LogP contribution in [0.2, 0.25) is 0 Å². The third-order valence-electron chi connectivity index (χ3n) is 0.935. The van der Waals surface area contributed by atoms with Gasteiger partial charge in [0.1, 0.15) is 0 Å². The molecule has 0 heterocycles. The minimum atomic E-state index is -3.40. The van der Waals surface area contributed by atoms with E-state index in [4.69, 9.17) is 5.26 Å². The molecule has 0 atom stereocenters. The Hall–Kier alpha value is -0.300. The molecule has 1 nitrogen and oxygen atoms in total. The Kier molecular flexibility index (Phi) is 3.55. The number of nitrogens with zero attached hydrogens (tertiary/aromatic N) is 1. The van der Waals surface area contributed by atoms with Gasteiger partial charge in [-0.15, -0.1) is 0 Å². The van der Waals surface area contributed by atoms with Gasteiger partial charge in [-0.3, -0.25) is 0 Å². The third kappa shape index (κ3) is 4.22. The van der Waals surface area contributed by atoms with Crippen LogP contribution < -0.4 is 0 Å². The van der Waals surface area contributed by atoms with E-state index >= 15 is 0 Å². The Balaban J connectivity index is 3.48. The lowest BCUT2D eigenvalue weighted by Crippen LogP contribution is -1.93. The van der Waals surface area contributed by atoms with Crippen molar-refractivity contribution in [1.82, 2.24) is 0 Å². The molecule has 54 valence electrons. The SMILES string of the molecule is CCS(F)(F)CCC#N. The molecular weight excluding hydrogens is 144 g/mol. The molecule has 0 rings (SSSR count). The van der Waals surface area contributed by atoms with Crippen LogP contribution in [-0.4, -0.2) is 11.5 Å². The maximum Gasteiger partial charge on any atom is 0.0631 e. The van der Waals surface area contributed by atoms with E-state index in [2.05, 4.69) is 0 Å². The maximum atomic E-state index is 12.3. The summed E-state index contributed by atoms with van der Waals surface area (Å²) in [4.78, 5) is 0. The van der Waals surface area contributed by atoms with Gasteiger partial charge in [0.15, 0.2) is 0 Å². The van der Waals surface area contributed by atoms with Crippen molar-refractivity contribution >= 4 is 10.8 Å². The fourth-order valence-electron chi connectivity index (χ4n) is 0.339. The van der Waals surface area contributed by atoms with E-state index in [-0.39, 0.29) is 17.9 Å². The first-order valence-electron chi connectivity index (χ1n) is 2.67. The highest BCUT2D eigenvalue weighted by Gasteiger charge is 2.17. The summed E-state index contributed by atoms with van der Waals surface area (Å²) in [5, 5.41) is 7.96. The van der Waals surface area contributed by atoms with Crippen LogP contribution in [0.3, 0.4) is 0 Å². The average molecular weight is 153 g/mol. The largest absolute Gasteiger partial charge is 0.198 e. The number of rotatable bonds is 3. The van der Waals surface area contributed by atoms with E-state index in [9.17, 15) is 7.77 Å². The molecule has 0 radical (unpaired) electrons. The summed E-state index contributed by atoms with van der Waals surface area (Å²) >= 11 is 0. The second-order valence-corrected chi connectivity index (χ2v) is 3.98. The van der Waals surface area contributed by atoms with Crippen molar-refractivity contribution in [1.29, 1.82) is 5.26 Å². The van der Waals surface area contributed by atoms with Crippen molar-refractivity contribution < 1.29 is 7.77 Å². The lowest BCUT2D eigenvalue weighted by Gasteiger charge is -2.15. The molecule has 0 aromatic heterocycles. The van der Waals surface area contributed by atoms with Crippen LogP contribution in [-0.2, 0) is 0 Å². The van der Waals surface area contributed by atoms with Crippen molar-refractivity contribution in [3.05, 3.63) is 0 Å². The number of hydrogen-bond acceptors (Lipinski definition) is 1. The summed E-state index contributed by atoms with van der Waals surface area (Å²) in [7, 11) is -3.40. The maximum absolute atomic E-state index is 12.3. The standard InChI is InChI=1S/C5H9F2NS/c1-2-9(6,7)5-3-4-8/h2-3,5H2,1H3. The van der Waals surface area contributed by atoms with E-state index in [0.29, 0.717) is 0 Å². The van der Waals surface area contributed by atoms with Crippen LogP contribution in [0.25, 0.3) is 0 Å². The molecule has 0 N–H and O–H groups in total. The van der Waals surface area contributed by atoms with Gasteiger partial charge in [0.2, 0.25) is 0 Å². The van der Waals surface area contributed by atoms with E-state index in [1.807, 2.05) is 0 Å². The Morgan fingerprint density at radius 1 is 1.56 bits per heavy atom. The molecule has 0 bridgehead atoms.